The molecular weight excluding hydrogens is 178 g/mol. The summed E-state index contributed by atoms with van der Waals surface area (Å²) in [4.78, 5) is 11.5. The number of carbonyl (C=O) groups is 1. The predicted molar refractivity (Wildman–Crippen MR) is 53.7 cm³/mol. The Hall–Kier alpha value is -0.570. The van der Waals surface area contributed by atoms with Crippen LogP contribution >= 0.6 is 0 Å². The van der Waals surface area contributed by atoms with Crippen LogP contribution in [0.5, 0.6) is 0 Å². The Morgan fingerprint density at radius 2 is 2.14 bits per heavy atom. The van der Waals surface area contributed by atoms with Gasteiger partial charge in [-0.25, -0.2) is 0 Å². The third kappa shape index (κ3) is 1.78. The van der Waals surface area contributed by atoms with Crippen molar-refractivity contribution >= 4 is 5.91 Å². The van der Waals surface area contributed by atoms with Crippen molar-refractivity contribution in [3.63, 3.8) is 0 Å². The van der Waals surface area contributed by atoms with E-state index in [1.165, 1.54) is 12.8 Å². The first-order chi connectivity index (χ1) is 6.50. The van der Waals surface area contributed by atoms with E-state index in [2.05, 4.69) is 5.32 Å². The minimum Gasteiger partial charge on any atom is -0.392 e. The van der Waals surface area contributed by atoms with Gasteiger partial charge in [-0.2, -0.15) is 0 Å². The molecule has 2 aliphatic carbocycles. The molecule has 14 heavy (non-hydrogen) atoms. The van der Waals surface area contributed by atoms with E-state index in [0.29, 0.717) is 18.8 Å². The van der Waals surface area contributed by atoms with Crippen molar-refractivity contribution in [2.75, 3.05) is 0 Å². The number of amides is 1. The van der Waals surface area contributed by atoms with Crippen LogP contribution < -0.4 is 5.32 Å². The molecule has 2 atom stereocenters. The molecule has 0 aromatic rings. The minimum atomic E-state index is -0.256. The lowest BCUT2D eigenvalue weighted by atomic mass is 9.64. The fourth-order valence-electron chi connectivity index (χ4n) is 1.98. The van der Waals surface area contributed by atoms with Crippen LogP contribution in [-0.2, 0) is 4.79 Å². The van der Waals surface area contributed by atoms with Crippen molar-refractivity contribution in [2.45, 2.75) is 51.7 Å². The van der Waals surface area contributed by atoms with Gasteiger partial charge in [0.1, 0.15) is 0 Å². The van der Waals surface area contributed by atoms with E-state index >= 15 is 0 Å². The quantitative estimate of drug-likeness (QED) is 0.711. The normalized spacial score (nSPS) is 34.8. The van der Waals surface area contributed by atoms with Gasteiger partial charge >= 0.3 is 0 Å². The largest absolute Gasteiger partial charge is 0.392 e. The van der Waals surface area contributed by atoms with Crippen molar-refractivity contribution in [3.05, 3.63) is 0 Å². The highest BCUT2D eigenvalue weighted by atomic mass is 16.3. The molecule has 2 rings (SSSR count). The molecule has 3 heteroatoms. The number of nitrogens with one attached hydrogen (secondary N) is 1. The average molecular weight is 197 g/mol. The molecule has 0 saturated heterocycles. The van der Waals surface area contributed by atoms with E-state index in [9.17, 15) is 9.90 Å². The fourth-order valence-corrected chi connectivity index (χ4v) is 1.98. The van der Waals surface area contributed by atoms with Gasteiger partial charge in [-0.3, -0.25) is 4.79 Å². The molecule has 3 nitrogen and oxygen atoms in total. The van der Waals surface area contributed by atoms with Crippen molar-refractivity contribution in [1.29, 1.82) is 0 Å². The zero-order chi connectivity index (χ0) is 10.3. The standard InChI is InChI=1S/C11H19NO2/c1-11(2)8(6-9(11)13)12-10(14)5-7-3-4-7/h7-9,13H,3-6H2,1-2H3,(H,12,14). The van der Waals surface area contributed by atoms with Crippen molar-refractivity contribution in [2.24, 2.45) is 11.3 Å². The van der Waals surface area contributed by atoms with E-state index in [1.54, 1.807) is 0 Å². The number of hydrogen-bond acceptors (Lipinski definition) is 2. The maximum absolute atomic E-state index is 11.5. The highest BCUT2D eigenvalue weighted by Gasteiger charge is 2.48. The number of rotatable bonds is 3. The van der Waals surface area contributed by atoms with Gasteiger partial charge in [-0.1, -0.05) is 13.8 Å². The molecule has 0 aromatic heterocycles. The Balaban J connectivity index is 1.77. The van der Waals surface area contributed by atoms with E-state index in [4.69, 9.17) is 0 Å². The molecule has 2 saturated carbocycles. The SMILES string of the molecule is CC1(C)C(O)CC1NC(=O)CC1CC1. The number of hydrogen-bond donors (Lipinski definition) is 2. The second-order valence-electron chi connectivity index (χ2n) is 5.34. The zero-order valence-corrected chi connectivity index (χ0v) is 8.92. The van der Waals surface area contributed by atoms with Crippen molar-refractivity contribution < 1.29 is 9.90 Å². The first-order valence-corrected chi connectivity index (χ1v) is 5.47. The third-order valence-electron chi connectivity index (χ3n) is 3.72. The molecule has 0 heterocycles. The summed E-state index contributed by atoms with van der Waals surface area (Å²) in [6.07, 6.45) is 3.56. The van der Waals surface area contributed by atoms with Gasteiger partial charge in [0.25, 0.3) is 0 Å². The maximum atomic E-state index is 11.5. The zero-order valence-electron chi connectivity index (χ0n) is 8.92. The fraction of sp³-hybridized carbons (Fsp3) is 0.909. The van der Waals surface area contributed by atoms with Gasteiger partial charge < -0.3 is 10.4 Å². The Morgan fingerprint density at radius 1 is 1.50 bits per heavy atom. The molecule has 0 radical (unpaired) electrons. The monoisotopic (exact) mass is 197 g/mol. The van der Waals surface area contributed by atoms with E-state index in [1.807, 2.05) is 13.8 Å². The lowest BCUT2D eigenvalue weighted by molar-refractivity contribution is -0.129. The van der Waals surface area contributed by atoms with Crippen LogP contribution in [0, 0.1) is 11.3 Å². The van der Waals surface area contributed by atoms with Gasteiger partial charge in [0, 0.05) is 17.9 Å². The van der Waals surface area contributed by atoms with Crippen LogP contribution in [0.4, 0.5) is 0 Å². The topological polar surface area (TPSA) is 49.3 Å². The van der Waals surface area contributed by atoms with E-state index in [-0.39, 0.29) is 23.5 Å². The molecule has 2 N–H and O–H groups in total. The van der Waals surface area contributed by atoms with Crippen molar-refractivity contribution in [1.82, 2.24) is 5.32 Å². The number of aliphatic hydroxyl groups excluding tert-OH is 1. The molecule has 80 valence electrons. The minimum absolute atomic E-state index is 0.140. The lowest BCUT2D eigenvalue weighted by Gasteiger charge is -2.49. The van der Waals surface area contributed by atoms with Gasteiger partial charge in [-0.05, 0) is 25.2 Å². The summed E-state index contributed by atoms with van der Waals surface area (Å²) in [5.41, 5.74) is -0.140. The molecule has 2 aliphatic rings. The lowest BCUT2D eigenvalue weighted by Crippen LogP contribution is -2.61. The molecule has 0 aromatic carbocycles. The molecule has 0 aliphatic heterocycles. The van der Waals surface area contributed by atoms with Gasteiger partial charge in [0.05, 0.1) is 6.10 Å². The number of aliphatic hydroxyl groups is 1. The second-order valence-corrected chi connectivity index (χ2v) is 5.34. The first kappa shape index (κ1) is 9.97. The summed E-state index contributed by atoms with van der Waals surface area (Å²) < 4.78 is 0. The van der Waals surface area contributed by atoms with Crippen LogP contribution in [-0.4, -0.2) is 23.2 Å². The average Bonchev–Trinajstić information content (AvgIpc) is 2.88. The molecular formula is C11H19NO2. The highest BCUT2D eigenvalue weighted by molar-refractivity contribution is 5.77. The van der Waals surface area contributed by atoms with Crippen molar-refractivity contribution in [3.8, 4) is 0 Å². The van der Waals surface area contributed by atoms with Crippen LogP contribution in [0.3, 0.4) is 0 Å². The summed E-state index contributed by atoms with van der Waals surface area (Å²) in [6.45, 7) is 4.01. The maximum Gasteiger partial charge on any atom is 0.220 e. The predicted octanol–water partition coefficient (Wildman–Crippen LogP) is 1.06. The van der Waals surface area contributed by atoms with Crippen LogP contribution in [0.15, 0.2) is 0 Å². The van der Waals surface area contributed by atoms with Crippen LogP contribution in [0.25, 0.3) is 0 Å². The second kappa shape index (κ2) is 3.23. The molecule has 2 unspecified atom stereocenters. The van der Waals surface area contributed by atoms with E-state index in [0.717, 1.165) is 0 Å². The summed E-state index contributed by atoms with van der Waals surface area (Å²) >= 11 is 0. The Bertz CT molecular complexity index is 246. The summed E-state index contributed by atoms with van der Waals surface area (Å²) in [6, 6.07) is 0.170. The molecule has 2 fully saturated rings. The number of carbonyl (C=O) groups excluding carboxylic acids is 1. The Kier molecular flexibility index (Phi) is 2.30. The van der Waals surface area contributed by atoms with Crippen LogP contribution in [0.2, 0.25) is 0 Å². The molecule has 1 amide bonds. The first-order valence-electron chi connectivity index (χ1n) is 5.47. The van der Waals surface area contributed by atoms with E-state index < -0.39 is 0 Å². The smallest absolute Gasteiger partial charge is 0.220 e. The summed E-state index contributed by atoms with van der Waals surface area (Å²) in [5.74, 6) is 0.806. The molecule has 0 spiro atoms. The van der Waals surface area contributed by atoms with Gasteiger partial charge in [0.2, 0.25) is 5.91 Å². The van der Waals surface area contributed by atoms with Gasteiger partial charge in [0.15, 0.2) is 0 Å². The summed E-state index contributed by atoms with van der Waals surface area (Å²) in [5, 5.41) is 12.5. The molecule has 0 bridgehead atoms. The van der Waals surface area contributed by atoms with Gasteiger partial charge in [-0.15, -0.1) is 0 Å². The Labute approximate surface area is 84.9 Å². The van der Waals surface area contributed by atoms with Crippen LogP contribution in [0.1, 0.15) is 39.5 Å². The third-order valence-corrected chi connectivity index (χ3v) is 3.72. The highest BCUT2D eigenvalue weighted by Crippen LogP contribution is 2.40. The Morgan fingerprint density at radius 3 is 2.57 bits per heavy atom. The summed E-state index contributed by atoms with van der Waals surface area (Å²) in [7, 11) is 0.